The number of esters is 1. The van der Waals surface area contributed by atoms with Gasteiger partial charge in [-0.3, -0.25) is 4.79 Å². The van der Waals surface area contributed by atoms with Gasteiger partial charge in [0.25, 0.3) is 0 Å². The first-order valence-corrected chi connectivity index (χ1v) is 5.36. The van der Waals surface area contributed by atoms with Crippen LogP contribution in [-0.4, -0.2) is 15.5 Å². The van der Waals surface area contributed by atoms with Gasteiger partial charge in [0.2, 0.25) is 0 Å². The predicted octanol–water partition coefficient (Wildman–Crippen LogP) is 2.47. The third-order valence-corrected chi connectivity index (χ3v) is 2.77. The lowest BCUT2D eigenvalue weighted by atomic mass is 10.2. The topological polar surface area (TPSA) is 26.3 Å². The molecule has 0 aromatic carbocycles. The summed E-state index contributed by atoms with van der Waals surface area (Å²) in [7, 11) is 0. The Morgan fingerprint density at radius 1 is 1.64 bits per heavy atom. The fraction of sp³-hybridized carbons (Fsp3) is 0.857. The molecule has 0 aromatic heterocycles. The maximum atomic E-state index is 10.9. The van der Waals surface area contributed by atoms with Crippen LogP contribution in [0.3, 0.4) is 0 Å². The Labute approximate surface area is 84.8 Å². The van der Waals surface area contributed by atoms with E-state index in [0.717, 1.165) is 19.3 Å². The van der Waals surface area contributed by atoms with E-state index in [2.05, 4.69) is 22.6 Å². The first-order valence-electron chi connectivity index (χ1n) is 3.68. The van der Waals surface area contributed by atoms with Crippen LogP contribution in [0.25, 0.3) is 0 Å². The minimum absolute atomic E-state index is 0.0766. The maximum absolute atomic E-state index is 10.9. The number of cyclic esters (lactones) is 1. The third-order valence-electron chi connectivity index (χ3n) is 1.68. The Morgan fingerprint density at radius 2 is 2.36 bits per heavy atom. The monoisotopic (exact) mass is 288 g/mol. The second-order valence-corrected chi connectivity index (χ2v) is 5.16. The van der Waals surface area contributed by atoms with E-state index < -0.39 is 0 Å². The van der Waals surface area contributed by atoms with Gasteiger partial charge >= 0.3 is 5.97 Å². The zero-order chi connectivity index (χ0) is 8.27. The third kappa shape index (κ3) is 3.15. The van der Waals surface area contributed by atoms with Gasteiger partial charge in [0, 0.05) is 6.42 Å². The van der Waals surface area contributed by atoms with Crippen LogP contribution in [0.2, 0.25) is 0 Å². The molecule has 0 spiro atoms. The average molecular weight is 289 g/mol. The van der Waals surface area contributed by atoms with Crippen molar-refractivity contribution in [2.75, 3.05) is 0 Å². The van der Waals surface area contributed by atoms with Gasteiger partial charge in [0.1, 0.15) is 9.49 Å². The molecule has 0 aromatic rings. The highest BCUT2D eigenvalue weighted by atomic mass is 127. The van der Waals surface area contributed by atoms with Gasteiger partial charge in [-0.25, -0.2) is 0 Å². The van der Waals surface area contributed by atoms with Crippen molar-refractivity contribution in [3.63, 3.8) is 0 Å². The molecule has 1 aliphatic rings. The van der Waals surface area contributed by atoms with Crippen molar-refractivity contribution >= 4 is 40.2 Å². The maximum Gasteiger partial charge on any atom is 0.306 e. The molecule has 0 radical (unpaired) electrons. The van der Waals surface area contributed by atoms with E-state index in [1.165, 1.54) is 0 Å². The van der Waals surface area contributed by atoms with Gasteiger partial charge in [0.15, 0.2) is 0 Å². The lowest BCUT2D eigenvalue weighted by Gasteiger charge is -2.15. The number of hydrogen-bond acceptors (Lipinski definition) is 2. The molecule has 11 heavy (non-hydrogen) atoms. The molecule has 2 atom stereocenters. The summed E-state index contributed by atoms with van der Waals surface area (Å²) in [6.07, 6.45) is 3.37. The van der Waals surface area contributed by atoms with E-state index >= 15 is 0 Å². The molecular formula is C7H10ClIO2. The number of alkyl halides is 2. The first-order chi connectivity index (χ1) is 5.20. The molecule has 0 bridgehead atoms. The highest BCUT2D eigenvalue weighted by molar-refractivity contribution is 14.1. The lowest BCUT2D eigenvalue weighted by molar-refractivity contribution is -0.147. The molecular weight excluding hydrogens is 278 g/mol. The molecule has 1 heterocycles. The Morgan fingerprint density at radius 3 is 3.00 bits per heavy atom. The van der Waals surface area contributed by atoms with Gasteiger partial charge in [-0.2, -0.15) is 0 Å². The molecule has 0 aliphatic carbocycles. The van der Waals surface area contributed by atoms with Crippen molar-refractivity contribution in [3.05, 3.63) is 0 Å². The fourth-order valence-corrected chi connectivity index (χ4v) is 1.76. The molecule has 1 saturated heterocycles. The lowest BCUT2D eigenvalue weighted by Crippen LogP contribution is -2.21. The zero-order valence-electron chi connectivity index (χ0n) is 6.06. The molecule has 64 valence electrons. The van der Waals surface area contributed by atoms with Gasteiger partial charge in [-0.15, -0.1) is 11.6 Å². The molecule has 2 unspecified atom stereocenters. The summed E-state index contributed by atoms with van der Waals surface area (Å²) in [5, 5.41) is 0. The van der Waals surface area contributed by atoms with Crippen LogP contribution in [0.1, 0.15) is 25.7 Å². The van der Waals surface area contributed by atoms with Crippen LogP contribution >= 0.6 is 34.2 Å². The van der Waals surface area contributed by atoms with Crippen molar-refractivity contribution < 1.29 is 9.53 Å². The summed E-state index contributed by atoms with van der Waals surface area (Å²) in [6.45, 7) is 0. The van der Waals surface area contributed by atoms with Crippen LogP contribution in [0.5, 0.6) is 0 Å². The number of rotatable bonds is 1. The number of halogens is 2. The molecule has 1 aliphatic heterocycles. The van der Waals surface area contributed by atoms with Gasteiger partial charge in [-0.1, -0.05) is 22.6 Å². The summed E-state index contributed by atoms with van der Waals surface area (Å²) in [6, 6.07) is 0. The SMILES string of the molecule is O=C1CCCCC(C(Cl)I)O1. The number of carbonyl (C=O) groups excluding carboxylic acids is 1. The van der Waals surface area contributed by atoms with Crippen molar-refractivity contribution in [3.8, 4) is 0 Å². The van der Waals surface area contributed by atoms with Crippen LogP contribution in [0, 0.1) is 0 Å². The number of hydrogen-bond donors (Lipinski definition) is 0. The Hall–Kier alpha value is 0.490. The zero-order valence-corrected chi connectivity index (χ0v) is 8.97. The molecule has 0 amide bonds. The molecule has 1 fully saturated rings. The van der Waals surface area contributed by atoms with E-state index in [-0.39, 0.29) is 15.5 Å². The highest BCUT2D eigenvalue weighted by Gasteiger charge is 2.23. The standard InChI is InChI=1S/C7H10ClIO2/c8-7(9)5-3-1-2-4-6(10)11-5/h5,7H,1-4H2. The van der Waals surface area contributed by atoms with Crippen molar-refractivity contribution in [1.29, 1.82) is 0 Å². The summed E-state index contributed by atoms with van der Waals surface area (Å²) in [5.74, 6) is -0.102. The number of ether oxygens (including phenoxy) is 1. The van der Waals surface area contributed by atoms with Gasteiger partial charge in [-0.05, 0) is 19.3 Å². The second kappa shape index (κ2) is 4.50. The average Bonchev–Trinajstić information content (AvgIpc) is 2.13. The van der Waals surface area contributed by atoms with E-state index in [1.807, 2.05) is 0 Å². The Balaban J connectivity index is 2.45. The van der Waals surface area contributed by atoms with Crippen LogP contribution in [0.15, 0.2) is 0 Å². The van der Waals surface area contributed by atoms with Gasteiger partial charge in [0.05, 0.1) is 0 Å². The largest absolute Gasteiger partial charge is 0.460 e. The summed E-state index contributed by atoms with van der Waals surface area (Å²) < 4.78 is 5.01. The van der Waals surface area contributed by atoms with Crippen molar-refractivity contribution in [2.24, 2.45) is 0 Å². The molecule has 0 saturated carbocycles. The van der Waals surface area contributed by atoms with Crippen molar-refractivity contribution in [2.45, 2.75) is 35.2 Å². The predicted molar refractivity (Wildman–Crippen MR) is 52.0 cm³/mol. The Bertz CT molecular complexity index is 149. The van der Waals surface area contributed by atoms with Crippen molar-refractivity contribution in [1.82, 2.24) is 0 Å². The van der Waals surface area contributed by atoms with Crippen LogP contribution in [-0.2, 0) is 9.53 Å². The van der Waals surface area contributed by atoms with E-state index in [9.17, 15) is 4.79 Å². The van der Waals surface area contributed by atoms with Crippen LogP contribution in [0.4, 0.5) is 0 Å². The molecule has 2 nitrogen and oxygen atoms in total. The quantitative estimate of drug-likeness (QED) is 0.421. The fourth-order valence-electron chi connectivity index (χ4n) is 1.08. The molecule has 4 heteroatoms. The second-order valence-electron chi connectivity index (χ2n) is 2.61. The van der Waals surface area contributed by atoms with E-state index in [0.29, 0.717) is 6.42 Å². The minimum Gasteiger partial charge on any atom is -0.460 e. The Kier molecular flexibility index (Phi) is 3.92. The normalized spacial score (nSPS) is 28.9. The minimum atomic E-state index is -0.102. The van der Waals surface area contributed by atoms with E-state index in [1.54, 1.807) is 0 Å². The number of carbonyl (C=O) groups is 1. The van der Waals surface area contributed by atoms with Gasteiger partial charge < -0.3 is 4.74 Å². The summed E-state index contributed by atoms with van der Waals surface area (Å²) in [4.78, 5) is 10.9. The molecule has 0 N–H and O–H groups in total. The smallest absolute Gasteiger partial charge is 0.306 e. The van der Waals surface area contributed by atoms with Crippen LogP contribution < -0.4 is 0 Å². The highest BCUT2D eigenvalue weighted by Crippen LogP contribution is 2.23. The van der Waals surface area contributed by atoms with E-state index in [4.69, 9.17) is 16.3 Å². The summed E-state index contributed by atoms with van der Waals surface area (Å²) in [5.41, 5.74) is 0. The molecule has 1 rings (SSSR count). The first kappa shape index (κ1) is 9.58. The summed E-state index contributed by atoms with van der Waals surface area (Å²) >= 11 is 7.88.